The maximum absolute atomic E-state index is 12.8. The predicted molar refractivity (Wildman–Crippen MR) is 308 cm³/mol. The number of nitrogens with zero attached hydrogens (tertiary/aromatic N) is 1. The van der Waals surface area contributed by atoms with Crippen molar-refractivity contribution in [2.24, 2.45) is 0 Å². The SMILES string of the molecule is CC/C=C\C/C=C\C/C=C\C/C=C\C/C=C\C/C=C\CCCCC(=O)OC(COC(=O)CCCCCCCCCCCCC/C=C\C/C=C\C/C=C\C/C=C\C/C=C\CC)COC(OCC[N+](C)(C)C)C(=O)O. The summed E-state index contributed by atoms with van der Waals surface area (Å²) >= 11 is 0. The van der Waals surface area contributed by atoms with E-state index in [1.807, 2.05) is 21.1 Å². The number of quaternary nitrogens is 1. The summed E-state index contributed by atoms with van der Waals surface area (Å²) in [5.74, 6) is -2.09. The Morgan fingerprint density at radius 1 is 0.411 bits per heavy atom. The Labute approximate surface area is 446 Å². The monoisotopic (exact) mass is 1010 g/mol. The van der Waals surface area contributed by atoms with Crippen LogP contribution >= 0.6 is 0 Å². The van der Waals surface area contributed by atoms with Crippen molar-refractivity contribution < 1.29 is 42.9 Å². The number of unbranched alkanes of at least 4 members (excludes halogenated alkanes) is 13. The number of carbonyl (C=O) groups is 3. The van der Waals surface area contributed by atoms with Crippen LogP contribution in [0.4, 0.5) is 0 Å². The second kappa shape index (κ2) is 53.7. The fraction of sp³-hybridized carbons (Fsp3) is 0.609. The Kier molecular flexibility index (Phi) is 50.4. The molecule has 0 amide bonds. The number of esters is 2. The van der Waals surface area contributed by atoms with E-state index < -0.39 is 24.3 Å². The van der Waals surface area contributed by atoms with Gasteiger partial charge in [0.05, 0.1) is 34.4 Å². The van der Waals surface area contributed by atoms with Crippen molar-refractivity contribution in [1.82, 2.24) is 0 Å². The van der Waals surface area contributed by atoms with E-state index in [0.29, 0.717) is 17.4 Å². The molecule has 0 spiro atoms. The molecular formula is C64H104NO8+. The Bertz CT molecular complexity index is 1650. The summed E-state index contributed by atoms with van der Waals surface area (Å²) in [6.45, 7) is 4.57. The number of likely N-dealkylation sites (N-methyl/N-ethyl adjacent to an activating group) is 1. The average Bonchev–Trinajstić information content (AvgIpc) is 3.36. The van der Waals surface area contributed by atoms with E-state index in [1.54, 1.807) is 0 Å². The number of aliphatic carboxylic acids is 1. The molecule has 0 fully saturated rings. The molecule has 0 bridgehead atoms. The lowest BCUT2D eigenvalue weighted by Crippen LogP contribution is -2.40. The van der Waals surface area contributed by atoms with E-state index in [4.69, 9.17) is 18.9 Å². The Balaban J connectivity index is 4.35. The van der Waals surface area contributed by atoms with Crippen LogP contribution in [0.2, 0.25) is 0 Å². The first-order chi connectivity index (χ1) is 35.6. The second-order valence-corrected chi connectivity index (χ2v) is 19.5. The van der Waals surface area contributed by atoms with E-state index >= 15 is 0 Å². The molecular weight excluding hydrogens is 911 g/mol. The molecule has 0 aromatic rings. The number of rotatable bonds is 50. The summed E-state index contributed by atoms with van der Waals surface area (Å²) in [5, 5.41) is 9.70. The minimum absolute atomic E-state index is 0.171. The smallest absolute Gasteiger partial charge is 0.361 e. The first-order valence-electron chi connectivity index (χ1n) is 28.3. The lowest BCUT2D eigenvalue weighted by Gasteiger charge is -2.25. The van der Waals surface area contributed by atoms with E-state index in [0.717, 1.165) is 116 Å². The molecule has 9 nitrogen and oxygen atoms in total. The van der Waals surface area contributed by atoms with Gasteiger partial charge in [0.1, 0.15) is 13.2 Å². The Morgan fingerprint density at radius 2 is 0.740 bits per heavy atom. The number of ether oxygens (including phenoxy) is 4. The van der Waals surface area contributed by atoms with Crippen molar-refractivity contribution >= 4 is 17.9 Å². The minimum Gasteiger partial charge on any atom is -0.477 e. The molecule has 0 saturated carbocycles. The van der Waals surface area contributed by atoms with E-state index in [9.17, 15) is 19.5 Å². The van der Waals surface area contributed by atoms with Crippen LogP contribution < -0.4 is 0 Å². The molecule has 0 aliphatic rings. The summed E-state index contributed by atoms with van der Waals surface area (Å²) in [7, 11) is 5.94. The third kappa shape index (κ3) is 55.0. The van der Waals surface area contributed by atoms with Crippen LogP contribution in [0.5, 0.6) is 0 Å². The van der Waals surface area contributed by atoms with E-state index in [-0.39, 0.29) is 38.6 Å². The fourth-order valence-electron chi connectivity index (χ4n) is 7.10. The van der Waals surface area contributed by atoms with Gasteiger partial charge < -0.3 is 28.5 Å². The van der Waals surface area contributed by atoms with Gasteiger partial charge in [-0.05, 0) is 109 Å². The zero-order valence-electron chi connectivity index (χ0n) is 46.7. The van der Waals surface area contributed by atoms with E-state index in [1.165, 1.54) is 44.9 Å². The molecule has 2 atom stereocenters. The normalized spacial score (nSPS) is 13.8. The number of hydrogen-bond acceptors (Lipinski definition) is 7. The fourth-order valence-corrected chi connectivity index (χ4v) is 7.10. The summed E-state index contributed by atoms with van der Waals surface area (Å²) < 4.78 is 22.8. The highest BCUT2D eigenvalue weighted by molar-refractivity contribution is 5.71. The van der Waals surface area contributed by atoms with Gasteiger partial charge in [-0.2, -0.15) is 0 Å². The topological polar surface area (TPSA) is 108 Å². The van der Waals surface area contributed by atoms with Crippen molar-refractivity contribution in [2.75, 3.05) is 47.5 Å². The van der Waals surface area contributed by atoms with Gasteiger partial charge in [-0.25, -0.2) is 4.79 Å². The van der Waals surface area contributed by atoms with Crippen LogP contribution in [-0.4, -0.2) is 87.4 Å². The Morgan fingerprint density at radius 3 is 1.12 bits per heavy atom. The van der Waals surface area contributed by atoms with Gasteiger partial charge in [0.15, 0.2) is 6.10 Å². The minimum atomic E-state index is -1.53. The molecule has 0 saturated heterocycles. The zero-order chi connectivity index (χ0) is 53.4. The van der Waals surface area contributed by atoms with Crippen LogP contribution in [0.3, 0.4) is 0 Å². The molecule has 0 aromatic carbocycles. The van der Waals surface area contributed by atoms with Crippen molar-refractivity contribution in [1.29, 1.82) is 0 Å². The Hall–Kier alpha value is -4.57. The largest absolute Gasteiger partial charge is 0.477 e. The first-order valence-corrected chi connectivity index (χ1v) is 28.3. The summed E-state index contributed by atoms with van der Waals surface area (Å²) in [6, 6.07) is 0. The van der Waals surface area contributed by atoms with Crippen LogP contribution in [0, 0.1) is 0 Å². The molecule has 9 heteroatoms. The maximum Gasteiger partial charge on any atom is 0.361 e. The number of allylic oxidation sites excluding steroid dienone is 22. The van der Waals surface area contributed by atoms with Crippen LogP contribution in [0.1, 0.15) is 194 Å². The average molecular weight is 1020 g/mol. The van der Waals surface area contributed by atoms with Gasteiger partial charge in [-0.15, -0.1) is 0 Å². The van der Waals surface area contributed by atoms with Crippen LogP contribution in [-0.2, 0) is 33.3 Å². The molecule has 0 aliphatic carbocycles. The molecule has 412 valence electrons. The summed E-state index contributed by atoms with van der Waals surface area (Å²) in [4.78, 5) is 37.4. The summed E-state index contributed by atoms with van der Waals surface area (Å²) in [5.41, 5.74) is 0. The van der Waals surface area contributed by atoms with E-state index in [2.05, 4.69) is 148 Å². The quantitative estimate of drug-likeness (QED) is 0.0211. The standard InChI is InChI=1S/C64H103NO8/c1-6-8-10-12-14-16-18-20-22-24-26-28-29-30-31-32-33-35-36-38-40-42-44-46-48-50-52-54-61(66)71-58-60(59-72-64(63(68)69)70-57-56-65(3,4)5)73-62(67)55-53-51-49-47-45-43-41-39-37-34-27-25-23-21-19-17-15-13-11-9-7-2/h8-11,14-17,20-23,26-28,30-31,34,39,41,45,47,60,64H,6-7,12-13,18-19,24-25,29,32-33,35-38,40,42-44,46,48-59H2,1-5H3/p+1/b10-8-,11-9-,16-14-,17-15-,22-20-,23-21-,28-26-,31-30-,34-27-,41-39-,47-45-. The highest BCUT2D eigenvalue weighted by Gasteiger charge is 2.25. The first kappa shape index (κ1) is 68.4. The molecule has 0 aliphatic heterocycles. The molecule has 2 unspecified atom stereocenters. The number of carboxylic acids is 1. The molecule has 0 aromatic heterocycles. The molecule has 0 radical (unpaired) electrons. The van der Waals surface area contributed by atoms with Crippen molar-refractivity contribution in [3.05, 3.63) is 134 Å². The predicted octanol–water partition coefficient (Wildman–Crippen LogP) is 16.7. The van der Waals surface area contributed by atoms with Crippen LogP contribution in [0.25, 0.3) is 0 Å². The molecule has 0 heterocycles. The lowest BCUT2D eigenvalue weighted by atomic mass is 10.0. The van der Waals surface area contributed by atoms with Gasteiger partial charge >= 0.3 is 17.9 Å². The van der Waals surface area contributed by atoms with Crippen molar-refractivity contribution in [3.63, 3.8) is 0 Å². The van der Waals surface area contributed by atoms with Crippen LogP contribution in [0.15, 0.2) is 134 Å². The van der Waals surface area contributed by atoms with Gasteiger partial charge in [0.25, 0.3) is 6.29 Å². The summed E-state index contributed by atoms with van der Waals surface area (Å²) in [6.07, 6.45) is 73.8. The molecule has 73 heavy (non-hydrogen) atoms. The molecule has 0 rings (SSSR count). The van der Waals surface area contributed by atoms with Gasteiger partial charge in [-0.3, -0.25) is 9.59 Å². The maximum atomic E-state index is 12.8. The van der Waals surface area contributed by atoms with Crippen molar-refractivity contribution in [3.8, 4) is 0 Å². The highest BCUT2D eigenvalue weighted by Crippen LogP contribution is 2.14. The molecule has 1 N–H and O–H groups in total. The lowest BCUT2D eigenvalue weighted by molar-refractivity contribution is -0.870. The van der Waals surface area contributed by atoms with Gasteiger partial charge in [0.2, 0.25) is 0 Å². The number of carbonyl (C=O) groups excluding carboxylic acids is 2. The van der Waals surface area contributed by atoms with Gasteiger partial charge in [-0.1, -0.05) is 205 Å². The number of hydrogen-bond donors (Lipinski definition) is 1. The number of carboxylic acid groups (broad SMARTS) is 1. The third-order valence-corrected chi connectivity index (χ3v) is 11.4. The highest BCUT2D eigenvalue weighted by atomic mass is 16.7. The van der Waals surface area contributed by atoms with Gasteiger partial charge in [0, 0.05) is 12.8 Å². The second-order valence-electron chi connectivity index (χ2n) is 19.5. The third-order valence-electron chi connectivity index (χ3n) is 11.4. The zero-order valence-corrected chi connectivity index (χ0v) is 46.7. The van der Waals surface area contributed by atoms with Crippen molar-refractivity contribution in [2.45, 2.75) is 206 Å².